The normalized spacial score (nSPS) is 12.8. The zero-order valence-corrected chi connectivity index (χ0v) is 13.7. The maximum absolute atomic E-state index is 12.8. The standard InChI is InChI=1S/C16H21F3N2O3/c1-9(2)13(22)7-8-20-14(23)15(24)21-12-6-4-5-11(10(12)3)16(17,18)19/h4-6,9,13,22H,7-8H2,1-3H3,(H,20,23)(H,21,24). The topological polar surface area (TPSA) is 78.4 Å². The number of hydrogen-bond donors (Lipinski definition) is 3. The van der Waals surface area contributed by atoms with Crippen LogP contribution in [0.15, 0.2) is 18.2 Å². The summed E-state index contributed by atoms with van der Waals surface area (Å²) in [4.78, 5) is 23.4. The van der Waals surface area contributed by atoms with Gasteiger partial charge in [-0.25, -0.2) is 0 Å². The first-order chi connectivity index (χ1) is 11.0. The van der Waals surface area contributed by atoms with Crippen molar-refractivity contribution in [2.75, 3.05) is 11.9 Å². The lowest BCUT2D eigenvalue weighted by Crippen LogP contribution is -2.37. The monoisotopic (exact) mass is 346 g/mol. The Morgan fingerprint density at radius 2 is 1.83 bits per heavy atom. The second-order valence-corrected chi connectivity index (χ2v) is 5.79. The van der Waals surface area contributed by atoms with Gasteiger partial charge in [-0.1, -0.05) is 19.9 Å². The Balaban J connectivity index is 2.67. The summed E-state index contributed by atoms with van der Waals surface area (Å²) in [5.74, 6) is -2.01. The molecule has 1 aromatic rings. The molecule has 24 heavy (non-hydrogen) atoms. The smallest absolute Gasteiger partial charge is 0.393 e. The number of halogens is 3. The first-order valence-electron chi connectivity index (χ1n) is 7.48. The zero-order chi connectivity index (χ0) is 18.5. The fourth-order valence-corrected chi connectivity index (χ4v) is 2.00. The Hall–Kier alpha value is -2.09. The second kappa shape index (κ2) is 8.14. The van der Waals surface area contributed by atoms with Crippen LogP contribution in [0.3, 0.4) is 0 Å². The number of aliphatic hydroxyl groups is 1. The molecule has 2 amide bonds. The van der Waals surface area contributed by atoms with Crippen molar-refractivity contribution in [1.29, 1.82) is 0 Å². The molecule has 1 aromatic carbocycles. The van der Waals surface area contributed by atoms with Crippen LogP contribution in [0.25, 0.3) is 0 Å². The first-order valence-corrected chi connectivity index (χ1v) is 7.48. The SMILES string of the molecule is Cc1c(NC(=O)C(=O)NCCC(O)C(C)C)cccc1C(F)(F)F. The van der Waals surface area contributed by atoms with Crippen LogP contribution in [0.5, 0.6) is 0 Å². The van der Waals surface area contributed by atoms with Gasteiger partial charge in [0.25, 0.3) is 0 Å². The highest BCUT2D eigenvalue weighted by atomic mass is 19.4. The third-order valence-corrected chi connectivity index (χ3v) is 3.59. The van der Waals surface area contributed by atoms with Gasteiger partial charge >= 0.3 is 18.0 Å². The van der Waals surface area contributed by atoms with Gasteiger partial charge in [0.15, 0.2) is 0 Å². The lowest BCUT2D eigenvalue weighted by molar-refractivity contribution is -0.138. The van der Waals surface area contributed by atoms with Crippen molar-refractivity contribution in [3.8, 4) is 0 Å². The van der Waals surface area contributed by atoms with E-state index in [0.29, 0.717) is 0 Å². The Morgan fingerprint density at radius 3 is 2.38 bits per heavy atom. The van der Waals surface area contributed by atoms with E-state index in [1.165, 1.54) is 13.0 Å². The molecule has 0 spiro atoms. The molecule has 1 unspecified atom stereocenters. The van der Waals surface area contributed by atoms with E-state index in [1.807, 2.05) is 13.8 Å². The minimum Gasteiger partial charge on any atom is -0.393 e. The molecule has 0 aliphatic carbocycles. The van der Waals surface area contributed by atoms with Crippen LogP contribution < -0.4 is 10.6 Å². The fraction of sp³-hybridized carbons (Fsp3) is 0.500. The third kappa shape index (κ3) is 5.52. The number of carbonyl (C=O) groups is 2. The molecule has 0 saturated heterocycles. The lowest BCUT2D eigenvalue weighted by atomic mass is 10.0. The van der Waals surface area contributed by atoms with Gasteiger partial charge in [-0.15, -0.1) is 0 Å². The van der Waals surface area contributed by atoms with Crippen LogP contribution in [0.4, 0.5) is 18.9 Å². The van der Waals surface area contributed by atoms with Crippen molar-refractivity contribution >= 4 is 17.5 Å². The number of aliphatic hydroxyl groups excluding tert-OH is 1. The van der Waals surface area contributed by atoms with Gasteiger partial charge in [-0.3, -0.25) is 9.59 Å². The van der Waals surface area contributed by atoms with Crippen LogP contribution >= 0.6 is 0 Å². The molecule has 1 atom stereocenters. The highest BCUT2D eigenvalue weighted by molar-refractivity contribution is 6.39. The van der Waals surface area contributed by atoms with Gasteiger partial charge in [0.05, 0.1) is 11.7 Å². The number of carbonyl (C=O) groups excluding carboxylic acids is 2. The summed E-state index contributed by atoms with van der Waals surface area (Å²) in [6.45, 7) is 4.94. The van der Waals surface area contributed by atoms with Crippen LogP contribution in [-0.4, -0.2) is 29.6 Å². The molecule has 134 valence electrons. The molecule has 0 aromatic heterocycles. The molecule has 0 aliphatic rings. The maximum Gasteiger partial charge on any atom is 0.416 e. The molecule has 0 aliphatic heterocycles. The van der Waals surface area contributed by atoms with Crippen LogP contribution in [-0.2, 0) is 15.8 Å². The van der Waals surface area contributed by atoms with Crippen LogP contribution in [0.1, 0.15) is 31.4 Å². The maximum atomic E-state index is 12.8. The molecular formula is C16H21F3N2O3. The van der Waals surface area contributed by atoms with E-state index in [0.717, 1.165) is 12.1 Å². The molecule has 8 heteroatoms. The van der Waals surface area contributed by atoms with Crippen molar-refractivity contribution in [1.82, 2.24) is 5.32 Å². The molecule has 0 bridgehead atoms. The number of amides is 2. The lowest BCUT2D eigenvalue weighted by Gasteiger charge is -2.15. The number of hydrogen-bond acceptors (Lipinski definition) is 3. The molecule has 0 saturated carbocycles. The average Bonchev–Trinajstić information content (AvgIpc) is 2.47. The highest BCUT2D eigenvalue weighted by Gasteiger charge is 2.33. The van der Waals surface area contributed by atoms with E-state index >= 15 is 0 Å². The molecule has 0 fully saturated rings. The summed E-state index contributed by atoms with van der Waals surface area (Å²) in [5.41, 5.74) is -1.12. The van der Waals surface area contributed by atoms with Crippen LogP contribution in [0, 0.1) is 12.8 Å². The Bertz CT molecular complexity index is 601. The number of alkyl halides is 3. The van der Waals surface area contributed by atoms with Gasteiger partial charge in [0.1, 0.15) is 0 Å². The second-order valence-electron chi connectivity index (χ2n) is 5.79. The van der Waals surface area contributed by atoms with E-state index < -0.39 is 29.7 Å². The summed E-state index contributed by atoms with van der Waals surface area (Å²) in [6, 6.07) is 3.35. The van der Waals surface area contributed by atoms with Gasteiger partial charge < -0.3 is 15.7 Å². The van der Waals surface area contributed by atoms with Gasteiger partial charge in [0, 0.05) is 12.2 Å². The van der Waals surface area contributed by atoms with Gasteiger partial charge in [-0.05, 0) is 37.0 Å². The van der Waals surface area contributed by atoms with Crippen molar-refractivity contribution in [2.24, 2.45) is 5.92 Å². The number of nitrogens with one attached hydrogen (secondary N) is 2. The molecule has 3 N–H and O–H groups in total. The van der Waals surface area contributed by atoms with Crippen molar-refractivity contribution in [2.45, 2.75) is 39.5 Å². The Morgan fingerprint density at radius 1 is 1.21 bits per heavy atom. The summed E-state index contributed by atoms with van der Waals surface area (Å²) in [7, 11) is 0. The number of anilines is 1. The highest BCUT2D eigenvalue weighted by Crippen LogP contribution is 2.34. The molecule has 0 radical (unpaired) electrons. The van der Waals surface area contributed by atoms with Gasteiger partial charge in [-0.2, -0.15) is 13.2 Å². The molecule has 1 rings (SSSR count). The number of benzene rings is 1. The average molecular weight is 346 g/mol. The quantitative estimate of drug-likeness (QED) is 0.717. The van der Waals surface area contributed by atoms with Gasteiger partial charge in [0.2, 0.25) is 0 Å². The minimum absolute atomic E-state index is 0.0171. The summed E-state index contributed by atoms with van der Waals surface area (Å²) in [6.07, 6.45) is -4.88. The summed E-state index contributed by atoms with van der Waals surface area (Å²) in [5, 5.41) is 14.1. The van der Waals surface area contributed by atoms with E-state index in [-0.39, 0.29) is 30.1 Å². The molecule has 5 nitrogen and oxygen atoms in total. The zero-order valence-electron chi connectivity index (χ0n) is 13.7. The van der Waals surface area contributed by atoms with E-state index in [4.69, 9.17) is 0 Å². The molecular weight excluding hydrogens is 325 g/mol. The first kappa shape index (κ1) is 20.0. The van der Waals surface area contributed by atoms with E-state index in [2.05, 4.69) is 10.6 Å². The van der Waals surface area contributed by atoms with Crippen molar-refractivity contribution in [3.05, 3.63) is 29.3 Å². The molecule has 0 heterocycles. The van der Waals surface area contributed by atoms with E-state index in [1.54, 1.807) is 0 Å². The van der Waals surface area contributed by atoms with E-state index in [9.17, 15) is 27.9 Å². The van der Waals surface area contributed by atoms with Crippen molar-refractivity contribution < 1.29 is 27.9 Å². The Kier molecular flexibility index (Phi) is 6.77. The summed E-state index contributed by atoms with van der Waals surface area (Å²) < 4.78 is 38.4. The van der Waals surface area contributed by atoms with Crippen molar-refractivity contribution in [3.63, 3.8) is 0 Å². The predicted octanol–water partition coefficient (Wildman–Crippen LogP) is 2.48. The third-order valence-electron chi connectivity index (χ3n) is 3.59. The predicted molar refractivity (Wildman–Crippen MR) is 83.3 cm³/mol. The summed E-state index contributed by atoms with van der Waals surface area (Å²) >= 11 is 0. The number of rotatable bonds is 5. The fourth-order valence-electron chi connectivity index (χ4n) is 2.00. The largest absolute Gasteiger partial charge is 0.416 e. The van der Waals surface area contributed by atoms with Crippen LogP contribution in [0.2, 0.25) is 0 Å². The Labute approximate surface area is 138 Å². The minimum atomic E-state index is -4.54.